The van der Waals surface area contributed by atoms with E-state index in [-0.39, 0.29) is 0 Å². The van der Waals surface area contributed by atoms with Crippen molar-refractivity contribution in [1.82, 2.24) is 10.9 Å². The van der Waals surface area contributed by atoms with Crippen molar-refractivity contribution >= 4 is 69.6 Å². The van der Waals surface area contributed by atoms with Crippen molar-refractivity contribution in [2.24, 2.45) is 10.2 Å². The average Bonchev–Trinajstić information content (AvgIpc) is 2.84. The maximum atomic E-state index is 12.3. The van der Waals surface area contributed by atoms with Crippen LogP contribution in [-0.4, -0.2) is 35.4 Å². The smallest absolute Gasteiger partial charge is 0.280 e. The van der Waals surface area contributed by atoms with Gasteiger partial charge in [0.1, 0.15) is 11.5 Å². The van der Waals surface area contributed by atoms with Gasteiger partial charge in [0.25, 0.3) is 11.8 Å². The molecule has 8 nitrogen and oxygen atoms in total. The summed E-state index contributed by atoms with van der Waals surface area (Å²) in [5.41, 5.74) is 6.69. The number of hydrazone groups is 2. The first kappa shape index (κ1) is 28.1. The number of carbonyl (C=O) groups is 2. The predicted molar refractivity (Wildman–Crippen MR) is 143 cm³/mol. The van der Waals surface area contributed by atoms with Crippen molar-refractivity contribution < 1.29 is 19.1 Å². The molecule has 0 bridgehead atoms. The Hall–Kier alpha value is -2.52. The largest absolute Gasteiger partial charge is 0.479 e. The Balaban J connectivity index is 1.43. The van der Waals surface area contributed by atoms with Gasteiger partial charge in [0.2, 0.25) is 0 Å². The highest BCUT2D eigenvalue weighted by Crippen LogP contribution is 2.29. The van der Waals surface area contributed by atoms with Gasteiger partial charge >= 0.3 is 0 Å². The summed E-state index contributed by atoms with van der Waals surface area (Å²) in [7, 11) is 0. The molecule has 1 saturated carbocycles. The molecule has 2 N–H and O–H groups in total. The first-order valence-corrected chi connectivity index (χ1v) is 12.6. The lowest BCUT2D eigenvalue weighted by Gasteiger charge is -2.18. The second-order valence-corrected chi connectivity index (χ2v) is 9.67. The molecule has 2 atom stereocenters. The summed E-state index contributed by atoms with van der Waals surface area (Å²) in [5, 5.41) is 9.98. The highest BCUT2D eigenvalue weighted by atomic mass is 35.5. The van der Waals surface area contributed by atoms with Crippen LogP contribution in [0.1, 0.15) is 39.5 Å². The van der Waals surface area contributed by atoms with Crippen LogP contribution in [0.2, 0.25) is 20.1 Å². The Labute approximate surface area is 228 Å². The molecule has 0 spiro atoms. The third kappa shape index (κ3) is 8.27. The van der Waals surface area contributed by atoms with E-state index in [0.717, 1.165) is 11.4 Å². The molecule has 2 amide bonds. The van der Waals surface area contributed by atoms with E-state index in [2.05, 4.69) is 21.1 Å². The lowest BCUT2D eigenvalue weighted by Crippen LogP contribution is -2.35. The summed E-state index contributed by atoms with van der Waals surface area (Å²) in [6, 6.07) is 9.52. The van der Waals surface area contributed by atoms with Crippen LogP contribution in [0.15, 0.2) is 46.6 Å². The molecular formula is C24H24Cl4N4O4. The van der Waals surface area contributed by atoms with Crippen LogP contribution in [0, 0.1) is 0 Å². The summed E-state index contributed by atoms with van der Waals surface area (Å²) in [4.78, 5) is 24.7. The summed E-state index contributed by atoms with van der Waals surface area (Å²) < 4.78 is 11.2. The zero-order chi connectivity index (χ0) is 26.2. The molecule has 0 aliphatic heterocycles. The van der Waals surface area contributed by atoms with Crippen LogP contribution in [0.3, 0.4) is 0 Å². The molecule has 192 valence electrons. The van der Waals surface area contributed by atoms with Crippen LogP contribution in [0.5, 0.6) is 11.5 Å². The van der Waals surface area contributed by atoms with E-state index in [0.29, 0.717) is 57.3 Å². The molecule has 1 aliphatic rings. The van der Waals surface area contributed by atoms with E-state index < -0.39 is 24.0 Å². The summed E-state index contributed by atoms with van der Waals surface area (Å²) in [5.74, 6) is -0.106. The third-order valence-electron chi connectivity index (χ3n) is 5.19. The van der Waals surface area contributed by atoms with E-state index in [1.165, 1.54) is 12.1 Å². The number of benzene rings is 2. The van der Waals surface area contributed by atoms with E-state index in [1.54, 1.807) is 38.1 Å². The van der Waals surface area contributed by atoms with Gasteiger partial charge in [0.15, 0.2) is 12.2 Å². The van der Waals surface area contributed by atoms with E-state index in [9.17, 15) is 9.59 Å². The number of carbonyl (C=O) groups excluding carboxylic acids is 2. The number of halogens is 4. The molecule has 1 aliphatic carbocycles. The molecule has 2 aromatic rings. The first-order valence-electron chi connectivity index (χ1n) is 11.1. The molecule has 3 rings (SSSR count). The molecule has 2 aromatic carbocycles. The lowest BCUT2D eigenvalue weighted by molar-refractivity contribution is -0.127. The molecule has 1 fully saturated rings. The molecule has 0 aromatic heterocycles. The number of hydrogen-bond donors (Lipinski definition) is 2. The van der Waals surface area contributed by atoms with Crippen molar-refractivity contribution in [3.8, 4) is 11.5 Å². The first-order chi connectivity index (χ1) is 17.1. The maximum absolute atomic E-state index is 12.3. The number of nitrogens with zero attached hydrogens (tertiary/aromatic N) is 2. The van der Waals surface area contributed by atoms with Crippen molar-refractivity contribution in [3.63, 3.8) is 0 Å². The number of amides is 2. The van der Waals surface area contributed by atoms with Gasteiger partial charge in [-0.05, 0) is 75.9 Å². The van der Waals surface area contributed by atoms with Gasteiger partial charge in [-0.2, -0.15) is 10.2 Å². The van der Waals surface area contributed by atoms with Crippen LogP contribution in [-0.2, 0) is 9.59 Å². The molecule has 0 radical (unpaired) electrons. The molecule has 0 unspecified atom stereocenters. The van der Waals surface area contributed by atoms with Gasteiger partial charge in [-0.3, -0.25) is 9.59 Å². The van der Waals surface area contributed by atoms with Crippen LogP contribution < -0.4 is 20.3 Å². The van der Waals surface area contributed by atoms with Crippen LogP contribution >= 0.6 is 46.4 Å². The highest BCUT2D eigenvalue weighted by molar-refractivity contribution is 6.36. The average molecular weight is 574 g/mol. The third-order valence-corrected chi connectivity index (χ3v) is 6.25. The normalized spacial score (nSPS) is 14.9. The summed E-state index contributed by atoms with van der Waals surface area (Å²) in [6.07, 6.45) is 0.769. The van der Waals surface area contributed by atoms with Crippen molar-refractivity contribution in [2.45, 2.75) is 51.7 Å². The minimum Gasteiger partial charge on any atom is -0.479 e. The van der Waals surface area contributed by atoms with Gasteiger partial charge in [-0.15, -0.1) is 0 Å². The minimum absolute atomic E-state index is 0.314. The van der Waals surface area contributed by atoms with E-state index in [1.807, 2.05) is 0 Å². The van der Waals surface area contributed by atoms with Crippen LogP contribution in [0.4, 0.5) is 0 Å². The predicted octanol–water partition coefficient (Wildman–Crippen LogP) is 6.05. The van der Waals surface area contributed by atoms with Crippen molar-refractivity contribution in [3.05, 3.63) is 56.5 Å². The highest BCUT2D eigenvalue weighted by Gasteiger charge is 2.19. The number of rotatable bonds is 8. The quantitative estimate of drug-likeness (QED) is 0.375. The molecule has 12 heteroatoms. The Morgan fingerprint density at radius 1 is 0.722 bits per heavy atom. The van der Waals surface area contributed by atoms with Gasteiger partial charge in [-0.25, -0.2) is 10.9 Å². The second kappa shape index (κ2) is 13.1. The Morgan fingerprint density at radius 2 is 1.08 bits per heavy atom. The fourth-order valence-corrected chi connectivity index (χ4v) is 4.04. The Bertz CT molecular complexity index is 1090. The number of hydrogen-bond acceptors (Lipinski definition) is 6. The molecular weight excluding hydrogens is 550 g/mol. The SMILES string of the molecule is C[C@H](Oc1ccc(Cl)cc1Cl)C(=O)NN=C1CCC(=NNC(=O)[C@@H](C)Oc2ccc(Cl)cc2Cl)CC1. The maximum Gasteiger partial charge on any atom is 0.280 e. The van der Waals surface area contributed by atoms with Gasteiger partial charge in [0.05, 0.1) is 10.0 Å². The van der Waals surface area contributed by atoms with Gasteiger partial charge < -0.3 is 9.47 Å². The van der Waals surface area contributed by atoms with Gasteiger partial charge in [0, 0.05) is 21.5 Å². The number of nitrogens with one attached hydrogen (secondary N) is 2. The Kier molecular flexibility index (Phi) is 10.2. The zero-order valence-electron chi connectivity index (χ0n) is 19.5. The second-order valence-electron chi connectivity index (χ2n) is 7.98. The van der Waals surface area contributed by atoms with Gasteiger partial charge in [-0.1, -0.05) is 46.4 Å². The van der Waals surface area contributed by atoms with E-state index >= 15 is 0 Å². The molecule has 36 heavy (non-hydrogen) atoms. The van der Waals surface area contributed by atoms with Crippen LogP contribution in [0.25, 0.3) is 0 Å². The van der Waals surface area contributed by atoms with Crippen molar-refractivity contribution in [1.29, 1.82) is 0 Å². The Morgan fingerprint density at radius 3 is 1.42 bits per heavy atom. The monoisotopic (exact) mass is 572 g/mol. The zero-order valence-corrected chi connectivity index (χ0v) is 22.5. The minimum atomic E-state index is -0.809. The lowest BCUT2D eigenvalue weighted by atomic mass is 9.97. The fourth-order valence-electron chi connectivity index (χ4n) is 3.13. The molecule has 0 saturated heterocycles. The molecule has 0 heterocycles. The summed E-state index contributed by atoms with van der Waals surface area (Å²) in [6.45, 7) is 3.20. The summed E-state index contributed by atoms with van der Waals surface area (Å²) >= 11 is 23.9. The van der Waals surface area contributed by atoms with E-state index in [4.69, 9.17) is 55.9 Å². The number of ether oxygens (including phenoxy) is 2. The standard InChI is InChI=1S/C24H24Cl4N4O4/c1-13(35-21-9-3-15(25)11-19(21)27)23(33)31-29-17-5-7-18(8-6-17)30-32-24(34)14(2)36-22-10-4-16(26)12-20(22)28/h3-4,9-14H,5-8H2,1-2H3,(H,31,33)(H,32,34)/t13-,14+. The fraction of sp³-hybridized carbons (Fsp3) is 0.333. The topological polar surface area (TPSA) is 101 Å². The van der Waals surface area contributed by atoms with Crippen molar-refractivity contribution in [2.75, 3.05) is 0 Å².